The molecule has 0 aliphatic rings. The predicted octanol–water partition coefficient (Wildman–Crippen LogP) is 4.36. The van der Waals surface area contributed by atoms with E-state index >= 15 is 0 Å². The van der Waals surface area contributed by atoms with Gasteiger partial charge in [0.15, 0.2) is 10.4 Å². The fourth-order valence-electron chi connectivity index (χ4n) is 2.86. The highest BCUT2D eigenvalue weighted by atomic mass is 79.9. The minimum absolute atomic E-state index is 0.695. The van der Waals surface area contributed by atoms with E-state index in [0.717, 1.165) is 33.4 Å². The number of imidazole rings is 1. The van der Waals surface area contributed by atoms with Crippen molar-refractivity contribution in [2.45, 2.75) is 27.2 Å². The first-order valence-electron chi connectivity index (χ1n) is 6.87. The molecule has 0 aliphatic carbocycles. The second-order valence-electron chi connectivity index (χ2n) is 5.30. The molecule has 3 aromatic rings. The molecule has 3 rings (SSSR count). The van der Waals surface area contributed by atoms with Crippen LogP contribution in [0.5, 0.6) is 0 Å². The zero-order chi connectivity index (χ0) is 15.3. The van der Waals surface area contributed by atoms with Crippen LogP contribution in [0, 0.1) is 18.6 Å². The largest absolute Gasteiger partial charge is 0.327 e. The van der Waals surface area contributed by atoms with Gasteiger partial charge in [-0.3, -0.25) is 4.57 Å². The highest BCUT2D eigenvalue weighted by molar-refractivity contribution is 9.10. The van der Waals surface area contributed by atoms with E-state index in [9.17, 15) is 0 Å². The van der Waals surface area contributed by atoms with Crippen LogP contribution in [-0.2, 0) is 13.5 Å². The Bertz CT molecular complexity index is 877. The standard InChI is InChI=1S/C15H17BrN4S/c1-5-11-12-14(19(4)18-11)20(15(21)17-12)13-9(3)6-8(2)7-10(13)16/h6-7H,5H2,1-4H3,(H,17,21). The van der Waals surface area contributed by atoms with Gasteiger partial charge in [-0.1, -0.05) is 13.0 Å². The van der Waals surface area contributed by atoms with Crippen LogP contribution in [-0.4, -0.2) is 19.3 Å². The van der Waals surface area contributed by atoms with Crippen molar-refractivity contribution in [2.24, 2.45) is 7.05 Å². The van der Waals surface area contributed by atoms with E-state index in [1.54, 1.807) is 0 Å². The van der Waals surface area contributed by atoms with Crippen LogP contribution in [0.3, 0.4) is 0 Å². The summed E-state index contributed by atoms with van der Waals surface area (Å²) in [6, 6.07) is 4.28. The molecule has 0 saturated carbocycles. The lowest BCUT2D eigenvalue weighted by atomic mass is 10.1. The molecule has 21 heavy (non-hydrogen) atoms. The van der Waals surface area contributed by atoms with Crippen LogP contribution in [0.1, 0.15) is 23.7 Å². The number of hydrogen-bond acceptors (Lipinski definition) is 2. The summed E-state index contributed by atoms with van der Waals surface area (Å²) in [6.45, 7) is 6.29. The van der Waals surface area contributed by atoms with Crippen LogP contribution < -0.4 is 0 Å². The first kappa shape index (κ1) is 14.5. The third-order valence-corrected chi connectivity index (χ3v) is 4.58. The average molecular weight is 365 g/mol. The molecule has 0 radical (unpaired) electrons. The van der Waals surface area contributed by atoms with Crippen LogP contribution in [0.2, 0.25) is 0 Å². The SMILES string of the molecule is CCc1nn(C)c2c1[nH]c(=S)n2-c1c(C)cc(C)cc1Br. The van der Waals surface area contributed by atoms with Crippen LogP contribution in [0.25, 0.3) is 16.9 Å². The molecule has 0 bridgehead atoms. The molecule has 0 fully saturated rings. The predicted molar refractivity (Wildman–Crippen MR) is 91.8 cm³/mol. The van der Waals surface area contributed by atoms with Gasteiger partial charge in [0.2, 0.25) is 0 Å². The van der Waals surface area contributed by atoms with E-state index in [2.05, 4.69) is 63.5 Å². The summed E-state index contributed by atoms with van der Waals surface area (Å²) in [7, 11) is 1.96. The van der Waals surface area contributed by atoms with Crippen LogP contribution in [0.4, 0.5) is 0 Å². The molecule has 1 aromatic carbocycles. The lowest BCUT2D eigenvalue weighted by Crippen LogP contribution is -2.04. The number of fused-ring (bicyclic) bond motifs is 1. The van der Waals surface area contributed by atoms with Gasteiger partial charge in [-0.15, -0.1) is 0 Å². The van der Waals surface area contributed by atoms with Crippen molar-refractivity contribution in [3.05, 3.63) is 38.2 Å². The van der Waals surface area contributed by atoms with Gasteiger partial charge >= 0.3 is 0 Å². The van der Waals surface area contributed by atoms with Crippen LogP contribution >= 0.6 is 28.1 Å². The smallest absolute Gasteiger partial charge is 0.184 e. The summed E-state index contributed by atoms with van der Waals surface area (Å²) in [6.07, 6.45) is 0.876. The summed E-state index contributed by atoms with van der Waals surface area (Å²) >= 11 is 9.23. The molecule has 0 unspecified atom stereocenters. The number of aryl methyl sites for hydroxylation is 4. The third-order valence-electron chi connectivity index (χ3n) is 3.69. The maximum atomic E-state index is 5.55. The highest BCUT2D eigenvalue weighted by Crippen LogP contribution is 2.30. The summed E-state index contributed by atoms with van der Waals surface area (Å²) in [4.78, 5) is 3.31. The highest BCUT2D eigenvalue weighted by Gasteiger charge is 2.18. The number of nitrogens with one attached hydrogen (secondary N) is 1. The second kappa shape index (κ2) is 5.10. The molecule has 0 aliphatic heterocycles. The second-order valence-corrected chi connectivity index (χ2v) is 6.54. The van der Waals surface area contributed by atoms with Crippen molar-refractivity contribution in [1.29, 1.82) is 0 Å². The Morgan fingerprint density at radius 2 is 2.05 bits per heavy atom. The van der Waals surface area contributed by atoms with Crippen molar-refractivity contribution in [3.8, 4) is 5.69 Å². The van der Waals surface area contributed by atoms with Crippen molar-refractivity contribution in [1.82, 2.24) is 19.3 Å². The topological polar surface area (TPSA) is 38.5 Å². The number of aromatic amines is 1. The molecule has 0 saturated heterocycles. The molecule has 2 aromatic heterocycles. The third kappa shape index (κ3) is 2.17. The van der Waals surface area contributed by atoms with E-state index in [4.69, 9.17) is 12.2 Å². The first-order valence-corrected chi connectivity index (χ1v) is 8.07. The van der Waals surface area contributed by atoms with Crippen molar-refractivity contribution in [3.63, 3.8) is 0 Å². The Kier molecular flexibility index (Phi) is 3.53. The molecular weight excluding hydrogens is 348 g/mol. The average Bonchev–Trinajstić information content (AvgIpc) is 2.87. The number of nitrogens with zero attached hydrogens (tertiary/aromatic N) is 3. The number of halogens is 1. The normalized spacial score (nSPS) is 11.5. The number of benzene rings is 1. The lowest BCUT2D eigenvalue weighted by molar-refractivity contribution is 0.747. The summed E-state index contributed by atoms with van der Waals surface area (Å²) in [5, 5.41) is 4.58. The molecule has 0 atom stereocenters. The van der Waals surface area contributed by atoms with Gasteiger partial charge in [0, 0.05) is 11.5 Å². The molecule has 0 spiro atoms. The Morgan fingerprint density at radius 3 is 2.67 bits per heavy atom. The monoisotopic (exact) mass is 364 g/mol. The fourth-order valence-corrected chi connectivity index (χ4v) is 3.99. The van der Waals surface area contributed by atoms with Crippen molar-refractivity contribution >= 4 is 39.3 Å². The summed E-state index contributed by atoms with van der Waals surface area (Å²) in [5.41, 5.74) is 6.54. The van der Waals surface area contributed by atoms with Gasteiger partial charge in [0.25, 0.3) is 0 Å². The van der Waals surface area contributed by atoms with E-state index in [-0.39, 0.29) is 0 Å². The number of aromatic nitrogens is 4. The number of rotatable bonds is 2. The van der Waals surface area contributed by atoms with Crippen LogP contribution in [0.15, 0.2) is 16.6 Å². The quantitative estimate of drug-likeness (QED) is 0.685. The van der Waals surface area contributed by atoms with E-state index in [0.29, 0.717) is 4.77 Å². The molecule has 110 valence electrons. The van der Waals surface area contributed by atoms with Gasteiger partial charge in [0.05, 0.1) is 11.4 Å². The Labute approximate surface area is 136 Å². The van der Waals surface area contributed by atoms with Gasteiger partial charge in [0.1, 0.15) is 5.52 Å². The minimum Gasteiger partial charge on any atom is -0.327 e. The van der Waals surface area contributed by atoms with Gasteiger partial charge < -0.3 is 4.98 Å². The minimum atomic E-state index is 0.695. The van der Waals surface area contributed by atoms with Crippen molar-refractivity contribution < 1.29 is 0 Å². The molecule has 2 heterocycles. The zero-order valence-electron chi connectivity index (χ0n) is 12.5. The Morgan fingerprint density at radius 1 is 1.33 bits per heavy atom. The molecule has 0 amide bonds. The Balaban J connectivity index is 2.44. The maximum Gasteiger partial charge on any atom is 0.184 e. The van der Waals surface area contributed by atoms with E-state index in [1.165, 1.54) is 11.1 Å². The Hall–Kier alpha value is -1.40. The molecule has 4 nitrogen and oxygen atoms in total. The van der Waals surface area contributed by atoms with Gasteiger partial charge in [-0.25, -0.2) is 4.68 Å². The summed E-state index contributed by atoms with van der Waals surface area (Å²) < 4.78 is 5.69. The number of hydrogen-bond donors (Lipinski definition) is 1. The molecule has 1 N–H and O–H groups in total. The van der Waals surface area contributed by atoms with Gasteiger partial charge in [-0.2, -0.15) is 5.10 Å². The van der Waals surface area contributed by atoms with Gasteiger partial charge in [-0.05, 0) is 65.6 Å². The fraction of sp³-hybridized carbons (Fsp3) is 0.333. The molecular formula is C15H17BrN4S. The molecule has 6 heteroatoms. The maximum absolute atomic E-state index is 5.55. The first-order chi connectivity index (χ1) is 9.93. The summed E-state index contributed by atoms with van der Waals surface area (Å²) in [5.74, 6) is 0. The lowest BCUT2D eigenvalue weighted by Gasteiger charge is -2.12. The zero-order valence-corrected chi connectivity index (χ0v) is 14.9. The van der Waals surface area contributed by atoms with Crippen molar-refractivity contribution in [2.75, 3.05) is 0 Å². The van der Waals surface area contributed by atoms with E-state index < -0.39 is 0 Å². The number of H-pyrrole nitrogens is 1. The van der Waals surface area contributed by atoms with E-state index in [1.807, 2.05) is 11.7 Å².